The van der Waals surface area contributed by atoms with Crippen LogP contribution in [0.3, 0.4) is 0 Å². The number of guanidine groups is 1. The number of halogens is 1. The number of carbonyl (C=O) groups is 1. The van der Waals surface area contributed by atoms with Crippen molar-refractivity contribution in [3.63, 3.8) is 0 Å². The Bertz CT molecular complexity index is 454. The smallest absolute Gasteiger partial charge is 0.248 e. The Morgan fingerprint density at radius 1 is 1.40 bits per heavy atom. The van der Waals surface area contributed by atoms with Gasteiger partial charge in [-0.2, -0.15) is 11.8 Å². The van der Waals surface area contributed by atoms with Crippen LogP contribution in [0.4, 0.5) is 0 Å². The molecule has 20 heavy (non-hydrogen) atoms. The molecule has 1 amide bonds. The first-order chi connectivity index (χ1) is 9.17. The van der Waals surface area contributed by atoms with Crippen LogP contribution in [-0.4, -0.2) is 37.5 Å². The Kier molecular flexibility index (Phi) is 10.3. The molecule has 0 radical (unpaired) electrons. The Balaban J connectivity index is 0.00000361. The predicted octanol–water partition coefficient (Wildman–Crippen LogP) is 1.43. The van der Waals surface area contributed by atoms with Gasteiger partial charge < -0.3 is 16.4 Å². The Hall–Kier alpha value is -0.960. The second kappa shape index (κ2) is 10.8. The van der Waals surface area contributed by atoms with Gasteiger partial charge in [0.2, 0.25) is 5.91 Å². The maximum atomic E-state index is 11.1. The van der Waals surface area contributed by atoms with E-state index < -0.39 is 5.91 Å². The van der Waals surface area contributed by atoms with E-state index in [1.54, 1.807) is 30.9 Å². The lowest BCUT2D eigenvalue weighted by Gasteiger charge is -2.11. The van der Waals surface area contributed by atoms with Crippen LogP contribution >= 0.6 is 35.7 Å². The van der Waals surface area contributed by atoms with Gasteiger partial charge in [-0.25, -0.2) is 0 Å². The van der Waals surface area contributed by atoms with Gasteiger partial charge in [0.1, 0.15) is 0 Å². The van der Waals surface area contributed by atoms with E-state index in [9.17, 15) is 4.79 Å². The van der Waals surface area contributed by atoms with E-state index in [1.165, 1.54) is 0 Å². The van der Waals surface area contributed by atoms with E-state index in [0.29, 0.717) is 12.1 Å². The van der Waals surface area contributed by atoms with Crippen LogP contribution < -0.4 is 16.4 Å². The third-order valence-corrected chi connectivity index (χ3v) is 3.11. The van der Waals surface area contributed by atoms with E-state index >= 15 is 0 Å². The number of benzene rings is 1. The Morgan fingerprint density at radius 3 is 2.75 bits per heavy atom. The van der Waals surface area contributed by atoms with Crippen molar-refractivity contribution in [2.45, 2.75) is 6.54 Å². The van der Waals surface area contributed by atoms with Crippen molar-refractivity contribution < 1.29 is 4.79 Å². The molecule has 7 heteroatoms. The highest BCUT2D eigenvalue weighted by molar-refractivity contribution is 14.0. The first kappa shape index (κ1) is 19.0. The predicted molar refractivity (Wildman–Crippen MR) is 97.0 cm³/mol. The third kappa shape index (κ3) is 6.99. The molecule has 1 aromatic rings. The molecule has 0 fully saturated rings. The molecular weight excluding hydrogens is 387 g/mol. The lowest BCUT2D eigenvalue weighted by atomic mass is 10.1. The minimum atomic E-state index is -0.413. The van der Waals surface area contributed by atoms with Crippen LogP contribution in [-0.2, 0) is 6.54 Å². The molecule has 112 valence electrons. The molecule has 5 nitrogen and oxygen atoms in total. The van der Waals surface area contributed by atoms with E-state index in [0.717, 1.165) is 23.8 Å². The van der Waals surface area contributed by atoms with Gasteiger partial charge in [0.25, 0.3) is 0 Å². The average Bonchev–Trinajstić information content (AvgIpc) is 2.43. The van der Waals surface area contributed by atoms with Gasteiger partial charge in [-0.05, 0) is 24.0 Å². The number of primary amides is 1. The second-order valence-electron chi connectivity index (χ2n) is 3.91. The molecule has 1 aromatic carbocycles. The molecule has 0 aromatic heterocycles. The number of nitrogens with zero attached hydrogens (tertiary/aromatic N) is 1. The summed E-state index contributed by atoms with van der Waals surface area (Å²) in [6.45, 7) is 1.46. The maximum absolute atomic E-state index is 11.1. The largest absolute Gasteiger partial charge is 0.366 e. The summed E-state index contributed by atoms with van der Waals surface area (Å²) in [6, 6.07) is 7.25. The number of thioether (sulfide) groups is 1. The van der Waals surface area contributed by atoms with Crippen LogP contribution in [0.25, 0.3) is 0 Å². The molecule has 0 aliphatic carbocycles. The summed E-state index contributed by atoms with van der Waals surface area (Å²) in [6.07, 6.45) is 2.06. The molecule has 0 aliphatic heterocycles. The number of nitrogens with two attached hydrogens (primary N) is 1. The minimum Gasteiger partial charge on any atom is -0.366 e. The number of carbonyl (C=O) groups excluding carboxylic acids is 1. The summed E-state index contributed by atoms with van der Waals surface area (Å²) >= 11 is 1.78. The number of aliphatic imine (C=N–C) groups is 1. The first-order valence-corrected chi connectivity index (χ1v) is 7.39. The SMILES string of the molecule is CN=C(NCCSC)NCc1cccc(C(N)=O)c1.I. The number of amides is 1. The van der Waals surface area contributed by atoms with Crippen LogP contribution in [0.2, 0.25) is 0 Å². The summed E-state index contributed by atoms with van der Waals surface area (Å²) in [4.78, 5) is 15.2. The zero-order valence-electron chi connectivity index (χ0n) is 11.7. The highest BCUT2D eigenvalue weighted by Crippen LogP contribution is 2.04. The van der Waals surface area contributed by atoms with Crippen molar-refractivity contribution in [3.8, 4) is 0 Å². The minimum absolute atomic E-state index is 0. The van der Waals surface area contributed by atoms with Crippen LogP contribution in [0.1, 0.15) is 15.9 Å². The van der Waals surface area contributed by atoms with E-state index in [2.05, 4.69) is 21.9 Å². The van der Waals surface area contributed by atoms with Crippen molar-refractivity contribution >= 4 is 47.6 Å². The zero-order valence-corrected chi connectivity index (χ0v) is 14.8. The summed E-state index contributed by atoms with van der Waals surface area (Å²) in [5.74, 6) is 1.36. The summed E-state index contributed by atoms with van der Waals surface area (Å²) in [5.41, 5.74) is 6.76. The quantitative estimate of drug-likeness (QED) is 0.288. The highest BCUT2D eigenvalue weighted by atomic mass is 127. The molecule has 1 rings (SSSR count). The van der Waals surface area contributed by atoms with E-state index in [-0.39, 0.29) is 24.0 Å². The monoisotopic (exact) mass is 408 g/mol. The molecule has 0 saturated carbocycles. The van der Waals surface area contributed by atoms with Crippen molar-refractivity contribution in [3.05, 3.63) is 35.4 Å². The zero-order chi connectivity index (χ0) is 14.1. The molecule has 0 aliphatic rings. The van der Waals surface area contributed by atoms with Crippen molar-refractivity contribution in [2.75, 3.05) is 25.6 Å². The second-order valence-corrected chi connectivity index (χ2v) is 4.90. The molecule has 0 bridgehead atoms. The highest BCUT2D eigenvalue weighted by Gasteiger charge is 2.02. The standard InChI is InChI=1S/C13H20N4OS.HI/c1-15-13(16-6-7-19-2)17-9-10-4-3-5-11(8-10)12(14)18;/h3-5,8H,6-7,9H2,1-2H3,(H2,14,18)(H2,15,16,17);1H. The lowest BCUT2D eigenvalue weighted by Crippen LogP contribution is -2.37. The van der Waals surface area contributed by atoms with Crippen molar-refractivity contribution in [2.24, 2.45) is 10.7 Å². The fourth-order valence-electron chi connectivity index (χ4n) is 1.51. The molecule has 4 N–H and O–H groups in total. The molecular formula is C13H21IN4OS. The summed E-state index contributed by atoms with van der Waals surface area (Å²) in [5, 5.41) is 6.39. The molecule has 0 spiro atoms. The fraction of sp³-hybridized carbons (Fsp3) is 0.385. The number of hydrogen-bond acceptors (Lipinski definition) is 3. The number of nitrogens with one attached hydrogen (secondary N) is 2. The first-order valence-electron chi connectivity index (χ1n) is 5.99. The van der Waals surface area contributed by atoms with Crippen LogP contribution in [0, 0.1) is 0 Å². The van der Waals surface area contributed by atoms with E-state index in [4.69, 9.17) is 5.73 Å². The van der Waals surface area contributed by atoms with Gasteiger partial charge in [-0.1, -0.05) is 12.1 Å². The van der Waals surface area contributed by atoms with Gasteiger partial charge in [-0.15, -0.1) is 24.0 Å². The molecule has 0 atom stereocenters. The summed E-state index contributed by atoms with van der Waals surface area (Å²) < 4.78 is 0. The molecule has 0 unspecified atom stereocenters. The number of hydrogen-bond donors (Lipinski definition) is 3. The summed E-state index contributed by atoms with van der Waals surface area (Å²) in [7, 11) is 1.73. The van der Waals surface area contributed by atoms with Gasteiger partial charge in [0.05, 0.1) is 0 Å². The third-order valence-electron chi connectivity index (χ3n) is 2.49. The van der Waals surface area contributed by atoms with Gasteiger partial charge in [-0.3, -0.25) is 9.79 Å². The number of rotatable bonds is 6. The molecule has 0 saturated heterocycles. The fourth-order valence-corrected chi connectivity index (χ4v) is 1.82. The van der Waals surface area contributed by atoms with Crippen LogP contribution in [0.15, 0.2) is 29.3 Å². The Morgan fingerprint density at radius 2 is 2.15 bits per heavy atom. The van der Waals surface area contributed by atoms with Gasteiger partial charge in [0.15, 0.2) is 5.96 Å². The van der Waals surface area contributed by atoms with Crippen molar-refractivity contribution in [1.82, 2.24) is 10.6 Å². The normalized spacial score (nSPS) is 10.6. The van der Waals surface area contributed by atoms with Gasteiger partial charge >= 0.3 is 0 Å². The Labute approximate surface area is 141 Å². The lowest BCUT2D eigenvalue weighted by molar-refractivity contribution is 0.1000. The average molecular weight is 408 g/mol. The van der Waals surface area contributed by atoms with Gasteiger partial charge in [0, 0.05) is 31.5 Å². The maximum Gasteiger partial charge on any atom is 0.248 e. The molecule has 0 heterocycles. The van der Waals surface area contributed by atoms with Crippen LogP contribution in [0.5, 0.6) is 0 Å². The topological polar surface area (TPSA) is 79.5 Å². The van der Waals surface area contributed by atoms with Crippen molar-refractivity contribution in [1.29, 1.82) is 0 Å². The van der Waals surface area contributed by atoms with E-state index in [1.807, 2.05) is 12.1 Å².